The quantitative estimate of drug-likeness (QED) is 0.560. The fourth-order valence-corrected chi connectivity index (χ4v) is 8.01. The Balaban J connectivity index is 1.77. The molecule has 1 heterocycles. The molecule has 3 atom stereocenters. The molecule has 4 aliphatic rings. The summed E-state index contributed by atoms with van der Waals surface area (Å²) in [6, 6.07) is 7.46. The van der Waals surface area contributed by atoms with Gasteiger partial charge in [-0.05, 0) is 84.8 Å². The molecule has 3 unspecified atom stereocenters. The molecule has 0 spiro atoms. The van der Waals surface area contributed by atoms with Crippen LogP contribution in [0.3, 0.4) is 0 Å². The van der Waals surface area contributed by atoms with E-state index in [9.17, 15) is 0 Å². The summed E-state index contributed by atoms with van der Waals surface area (Å²) in [5.74, 6) is 2.73. The van der Waals surface area contributed by atoms with Crippen molar-refractivity contribution in [2.45, 2.75) is 78.2 Å². The first-order valence-corrected chi connectivity index (χ1v) is 12.2. The molecule has 2 aromatic rings. The fourth-order valence-electron chi connectivity index (χ4n) is 5.63. The summed E-state index contributed by atoms with van der Waals surface area (Å²) in [5, 5.41) is 1.72. The van der Waals surface area contributed by atoms with Crippen molar-refractivity contribution in [3.05, 3.63) is 56.0 Å². The number of hydrogen-bond acceptors (Lipinski definition) is 0. The third-order valence-corrected chi connectivity index (χ3v) is 9.97. The molecule has 0 fully saturated rings. The third-order valence-electron chi connectivity index (χ3n) is 7.54. The van der Waals surface area contributed by atoms with Gasteiger partial charge in [-0.2, -0.15) is 0 Å². The average Bonchev–Trinajstić information content (AvgIpc) is 3.15. The topological polar surface area (TPSA) is 0 Å². The Kier molecular flexibility index (Phi) is 3.76. The van der Waals surface area contributed by atoms with Gasteiger partial charge in [0, 0.05) is 15.0 Å². The molecule has 0 radical (unpaired) electrons. The van der Waals surface area contributed by atoms with Crippen LogP contribution in [0.4, 0.5) is 0 Å². The van der Waals surface area contributed by atoms with Gasteiger partial charge < -0.3 is 0 Å². The van der Waals surface area contributed by atoms with Crippen molar-refractivity contribution >= 4 is 14.7 Å². The van der Waals surface area contributed by atoms with Gasteiger partial charge in [-0.15, -0.1) is 0 Å². The summed E-state index contributed by atoms with van der Waals surface area (Å²) < 4.78 is 0. The van der Waals surface area contributed by atoms with Gasteiger partial charge in [0.05, 0.1) is 0 Å². The highest BCUT2D eigenvalue weighted by Gasteiger charge is 2.51. The highest BCUT2D eigenvalue weighted by molar-refractivity contribution is 6.37. The number of hydrogen-bond donors (Lipinski definition) is 0. The second-order valence-corrected chi connectivity index (χ2v) is 11.4. The molecule has 0 saturated carbocycles. The monoisotopic (exact) mass is 372 g/mol. The van der Waals surface area contributed by atoms with Crippen molar-refractivity contribution in [2.75, 3.05) is 0 Å². The van der Waals surface area contributed by atoms with Crippen LogP contribution in [0.15, 0.2) is 18.2 Å². The van der Waals surface area contributed by atoms with E-state index < -0.39 is 0 Å². The summed E-state index contributed by atoms with van der Waals surface area (Å²) in [6.07, 6.45) is 1.31. The van der Waals surface area contributed by atoms with Crippen molar-refractivity contribution in [3.63, 3.8) is 0 Å². The summed E-state index contributed by atoms with van der Waals surface area (Å²) in [6.45, 7) is 16.6. The van der Waals surface area contributed by atoms with Gasteiger partial charge in [0.2, 0.25) is 0 Å². The molecule has 0 amide bonds. The van der Waals surface area contributed by atoms with E-state index in [0.717, 1.165) is 17.4 Å². The zero-order valence-corrected chi connectivity index (χ0v) is 19.1. The molecule has 27 heavy (non-hydrogen) atoms. The summed E-state index contributed by atoms with van der Waals surface area (Å²) in [4.78, 5) is 1.78. The zero-order chi connectivity index (χ0) is 19.2. The van der Waals surface area contributed by atoms with Crippen LogP contribution in [-0.4, -0.2) is 9.13 Å². The van der Waals surface area contributed by atoms with Crippen LogP contribution in [0.5, 0.6) is 0 Å². The first-order valence-electron chi connectivity index (χ1n) is 10.9. The number of rotatable bonds is 5. The zero-order valence-electron chi connectivity index (χ0n) is 17.9. The van der Waals surface area contributed by atoms with Crippen LogP contribution >= 0.6 is 0 Å². The van der Waals surface area contributed by atoms with Crippen molar-refractivity contribution in [1.29, 1.82) is 0 Å². The van der Waals surface area contributed by atoms with E-state index in [4.69, 9.17) is 0 Å². The third kappa shape index (κ3) is 2.24. The first-order chi connectivity index (χ1) is 12.8. The van der Waals surface area contributed by atoms with Gasteiger partial charge >= 0.3 is 0 Å². The van der Waals surface area contributed by atoms with Gasteiger partial charge in [0.25, 0.3) is 0 Å². The fraction of sp³-hybridized carbons (Fsp3) is 0.500. The normalized spacial score (nSPS) is 22.0. The molecule has 1 heteroatoms. The molecular weight excluding hydrogens is 340 g/mol. The second kappa shape index (κ2) is 5.77. The maximum Gasteiger partial charge on any atom is 0.0326 e. The Morgan fingerprint density at radius 2 is 1.56 bits per heavy atom. The van der Waals surface area contributed by atoms with Gasteiger partial charge in [0.1, 0.15) is 0 Å². The highest BCUT2D eigenvalue weighted by atomic mass is 28.2. The van der Waals surface area contributed by atoms with Crippen LogP contribution in [0.25, 0.3) is 16.7 Å². The van der Waals surface area contributed by atoms with Gasteiger partial charge in [0.15, 0.2) is 0 Å². The van der Waals surface area contributed by atoms with Gasteiger partial charge in [-0.1, -0.05) is 66.2 Å². The lowest BCUT2D eigenvalue weighted by Crippen LogP contribution is -2.13. The lowest BCUT2D eigenvalue weighted by molar-refractivity contribution is 0.573. The maximum absolute atomic E-state index is 2.51. The Bertz CT molecular complexity index is 1070. The highest BCUT2D eigenvalue weighted by Crippen LogP contribution is 2.63. The van der Waals surface area contributed by atoms with Crippen molar-refractivity contribution in [3.8, 4) is 11.1 Å². The number of benzene rings is 2. The molecule has 2 aromatic carbocycles. The molecule has 6 rings (SSSR count). The Hall–Kier alpha value is -1.47. The van der Waals surface area contributed by atoms with Crippen molar-refractivity contribution in [1.82, 2.24) is 0 Å². The van der Waals surface area contributed by atoms with Crippen molar-refractivity contribution < 1.29 is 0 Å². The Labute approximate surface area is 166 Å². The molecule has 3 aliphatic carbocycles. The van der Waals surface area contributed by atoms with Crippen LogP contribution in [-0.2, 0) is 0 Å². The van der Waals surface area contributed by atoms with Gasteiger partial charge in [-0.3, -0.25) is 0 Å². The Morgan fingerprint density at radius 1 is 0.926 bits per heavy atom. The standard InChI is InChI=1S/C26H32Si/c1-8-14(6)25-24-22-19-15(7)26(27-25)23(24)20(21(19)22)18-10-16(12(2)3)9-17(11-18)13(4)5/h9-14,22,25,27H,8H2,1-7H3. The molecule has 0 nitrogen and oxygen atoms in total. The summed E-state index contributed by atoms with van der Waals surface area (Å²) in [5.41, 5.74) is 14.0. The molecule has 1 aliphatic heterocycles. The lowest BCUT2D eigenvalue weighted by Gasteiger charge is -2.19. The van der Waals surface area contributed by atoms with E-state index in [-0.39, 0.29) is 0 Å². The van der Waals surface area contributed by atoms with Crippen LogP contribution < -0.4 is 5.22 Å². The van der Waals surface area contributed by atoms with Crippen LogP contribution in [0.2, 0.25) is 5.54 Å². The summed E-state index contributed by atoms with van der Waals surface area (Å²) >= 11 is 0. The maximum atomic E-state index is 2.51. The molecule has 0 saturated heterocycles. The van der Waals surface area contributed by atoms with E-state index in [0.29, 0.717) is 21.0 Å². The molecule has 0 aromatic heterocycles. The van der Waals surface area contributed by atoms with E-state index in [1.165, 1.54) is 23.1 Å². The van der Waals surface area contributed by atoms with E-state index in [1.807, 2.05) is 5.57 Å². The minimum Gasteiger partial charge on any atom is -0.0651 e. The predicted molar refractivity (Wildman–Crippen MR) is 119 cm³/mol. The van der Waals surface area contributed by atoms with Crippen LogP contribution in [0, 0.1) is 17.7 Å². The summed E-state index contributed by atoms with van der Waals surface area (Å²) in [7, 11) is 0.417. The minimum atomic E-state index is 0.417. The molecule has 0 N–H and O–H groups in total. The van der Waals surface area contributed by atoms with Crippen LogP contribution in [0.1, 0.15) is 93.5 Å². The van der Waals surface area contributed by atoms with Crippen molar-refractivity contribution in [2.24, 2.45) is 5.92 Å². The molecular formula is C26H32Si. The first kappa shape index (κ1) is 17.6. The largest absolute Gasteiger partial charge is 0.0651 e. The SMILES string of the molecule is CCC(C)C1[SiH]=c2c(C)c3c4c(-c5cc(C(C)C)cc(C(C)C)c5)c2=C1C34. The smallest absolute Gasteiger partial charge is 0.0326 e. The van der Waals surface area contributed by atoms with Gasteiger partial charge in [-0.25, -0.2) is 0 Å². The van der Waals surface area contributed by atoms with E-state index in [2.05, 4.69) is 66.7 Å². The average molecular weight is 373 g/mol. The second-order valence-electron chi connectivity index (χ2n) is 9.78. The lowest BCUT2D eigenvalue weighted by atomic mass is 9.88. The minimum absolute atomic E-state index is 0.417. The molecule has 140 valence electrons. The predicted octanol–water partition coefficient (Wildman–Crippen LogP) is 6.05. The Morgan fingerprint density at radius 3 is 2.11 bits per heavy atom. The van der Waals surface area contributed by atoms with E-state index in [1.54, 1.807) is 32.3 Å². The van der Waals surface area contributed by atoms with E-state index >= 15 is 0 Å². The molecule has 6 bridgehead atoms.